The first-order valence-electron chi connectivity index (χ1n) is 11.0. The van der Waals surface area contributed by atoms with Gasteiger partial charge in [0.05, 0.1) is 18.4 Å². The van der Waals surface area contributed by atoms with E-state index in [0.717, 1.165) is 50.5 Å². The number of ether oxygens (including phenoxy) is 3. The van der Waals surface area contributed by atoms with Crippen LogP contribution in [0.15, 0.2) is 89.0 Å². The van der Waals surface area contributed by atoms with Gasteiger partial charge in [-0.1, -0.05) is 28.6 Å². The summed E-state index contributed by atoms with van der Waals surface area (Å²) in [5.74, 6) is 2.56. The average Bonchev–Trinajstić information content (AvgIpc) is 3.29. The predicted molar refractivity (Wildman–Crippen MR) is 133 cm³/mol. The molecule has 0 unspecified atom stereocenters. The van der Waals surface area contributed by atoms with Crippen molar-refractivity contribution in [2.45, 2.75) is 25.6 Å². The smallest absolute Gasteiger partial charge is 0.213 e. The Labute approximate surface area is 202 Å². The van der Waals surface area contributed by atoms with Crippen LogP contribution in [0, 0.1) is 0 Å². The van der Waals surface area contributed by atoms with Crippen LogP contribution in [-0.4, -0.2) is 23.9 Å². The van der Waals surface area contributed by atoms with E-state index in [1.807, 2.05) is 43.3 Å². The van der Waals surface area contributed by atoms with Gasteiger partial charge >= 0.3 is 0 Å². The lowest BCUT2D eigenvalue weighted by Gasteiger charge is -2.38. The lowest BCUT2D eigenvalue weighted by molar-refractivity contribution is -0.0191. The maximum absolute atomic E-state index is 6.46. The minimum atomic E-state index is -0.313. The van der Waals surface area contributed by atoms with E-state index in [2.05, 4.69) is 57.8 Å². The molecule has 0 saturated heterocycles. The first-order valence-corrected chi connectivity index (χ1v) is 11.8. The van der Waals surface area contributed by atoms with Crippen molar-refractivity contribution in [3.63, 3.8) is 0 Å². The van der Waals surface area contributed by atoms with Gasteiger partial charge in [-0.3, -0.25) is 0 Å². The third kappa shape index (κ3) is 4.35. The van der Waals surface area contributed by atoms with Gasteiger partial charge in [0.15, 0.2) is 0 Å². The quantitative estimate of drug-likeness (QED) is 0.337. The summed E-state index contributed by atoms with van der Waals surface area (Å²) >= 11 is 3.61. The molecule has 5 nitrogen and oxygen atoms in total. The van der Waals surface area contributed by atoms with E-state index in [0.29, 0.717) is 13.2 Å². The summed E-state index contributed by atoms with van der Waals surface area (Å²) < 4.78 is 18.7. The Kier molecular flexibility index (Phi) is 6.09. The highest BCUT2D eigenvalue weighted by Gasteiger charge is 2.41. The Morgan fingerprint density at radius 3 is 2.52 bits per heavy atom. The molecule has 0 saturated carbocycles. The van der Waals surface area contributed by atoms with Gasteiger partial charge in [-0.05, 0) is 79.2 Å². The molecule has 5 rings (SSSR count). The van der Waals surface area contributed by atoms with E-state index in [-0.39, 0.29) is 12.3 Å². The minimum Gasteiger partial charge on any atom is -0.494 e. The summed E-state index contributed by atoms with van der Waals surface area (Å²) in [5, 5.41) is 7.12. The Hall–Kier alpha value is -3.25. The molecule has 2 aliphatic heterocycles. The Bertz CT molecular complexity index is 1170. The molecule has 3 aromatic carbocycles. The van der Waals surface area contributed by atoms with Crippen molar-refractivity contribution >= 4 is 21.6 Å². The SMILES string of the molecule is C=CCOc1ccc(C2=NN3[C@@H](c4ccc(OCC)cc4)Oc4ccc(Br)cc4[C@@H]3C2)cc1. The van der Waals surface area contributed by atoms with Crippen LogP contribution in [0.1, 0.15) is 42.3 Å². The summed E-state index contributed by atoms with van der Waals surface area (Å²) in [6.07, 6.45) is 2.23. The van der Waals surface area contributed by atoms with Gasteiger partial charge in [0.25, 0.3) is 0 Å². The van der Waals surface area contributed by atoms with Crippen LogP contribution in [0.2, 0.25) is 0 Å². The Morgan fingerprint density at radius 2 is 1.79 bits per heavy atom. The number of halogens is 1. The second kappa shape index (κ2) is 9.32. The molecule has 33 heavy (non-hydrogen) atoms. The van der Waals surface area contributed by atoms with Crippen LogP contribution in [0.25, 0.3) is 0 Å². The highest BCUT2D eigenvalue weighted by Crippen LogP contribution is 2.48. The van der Waals surface area contributed by atoms with Crippen molar-refractivity contribution in [2.24, 2.45) is 5.10 Å². The van der Waals surface area contributed by atoms with Crippen LogP contribution in [-0.2, 0) is 0 Å². The second-order valence-electron chi connectivity index (χ2n) is 7.93. The molecule has 3 aromatic rings. The fourth-order valence-corrected chi connectivity index (χ4v) is 4.63. The fourth-order valence-electron chi connectivity index (χ4n) is 4.25. The molecule has 0 N–H and O–H groups in total. The third-order valence-electron chi connectivity index (χ3n) is 5.78. The van der Waals surface area contributed by atoms with Crippen molar-refractivity contribution in [3.8, 4) is 17.2 Å². The van der Waals surface area contributed by atoms with Crippen molar-refractivity contribution in [1.82, 2.24) is 5.01 Å². The number of hydrogen-bond donors (Lipinski definition) is 0. The number of fused-ring (bicyclic) bond motifs is 3. The second-order valence-corrected chi connectivity index (χ2v) is 8.84. The molecule has 0 fully saturated rings. The zero-order valence-electron chi connectivity index (χ0n) is 18.4. The fraction of sp³-hybridized carbons (Fsp3) is 0.222. The molecule has 2 aliphatic rings. The number of benzene rings is 3. The third-order valence-corrected chi connectivity index (χ3v) is 6.28. The molecule has 168 valence electrons. The van der Waals surface area contributed by atoms with E-state index < -0.39 is 0 Å². The van der Waals surface area contributed by atoms with Crippen LogP contribution in [0.5, 0.6) is 17.2 Å². The number of rotatable bonds is 7. The number of hydrogen-bond acceptors (Lipinski definition) is 5. The van der Waals surface area contributed by atoms with E-state index in [1.54, 1.807) is 6.08 Å². The highest BCUT2D eigenvalue weighted by molar-refractivity contribution is 9.10. The Morgan fingerprint density at radius 1 is 1.06 bits per heavy atom. The Balaban J connectivity index is 1.48. The van der Waals surface area contributed by atoms with Crippen LogP contribution in [0.4, 0.5) is 0 Å². The normalized spacial score (nSPS) is 18.6. The minimum absolute atomic E-state index is 0.0921. The van der Waals surface area contributed by atoms with Crippen molar-refractivity contribution in [2.75, 3.05) is 13.2 Å². The zero-order valence-corrected chi connectivity index (χ0v) is 20.0. The predicted octanol–water partition coefficient (Wildman–Crippen LogP) is 6.65. The maximum atomic E-state index is 6.46. The largest absolute Gasteiger partial charge is 0.494 e. The van der Waals surface area contributed by atoms with Crippen molar-refractivity contribution < 1.29 is 14.2 Å². The molecule has 0 aliphatic carbocycles. The molecule has 0 bridgehead atoms. The molecule has 2 heterocycles. The molecule has 2 atom stereocenters. The lowest BCUT2D eigenvalue weighted by atomic mass is 9.96. The monoisotopic (exact) mass is 504 g/mol. The standard InChI is InChI=1S/C27H25BrN2O3/c1-3-15-32-22-10-5-18(6-11-22)24-17-25-23-16-20(28)9-14-26(23)33-27(30(25)29-24)19-7-12-21(13-8-19)31-4-2/h3,5-14,16,25,27H,1,4,15,17H2,2H3/t25-,27+/m0/s1. The molecule has 0 radical (unpaired) electrons. The maximum Gasteiger partial charge on any atom is 0.213 e. The molecular weight excluding hydrogens is 480 g/mol. The van der Waals surface area contributed by atoms with E-state index in [4.69, 9.17) is 19.3 Å². The van der Waals surface area contributed by atoms with E-state index in [9.17, 15) is 0 Å². The number of nitrogens with zero attached hydrogens (tertiary/aromatic N) is 2. The summed E-state index contributed by atoms with van der Waals surface area (Å²) in [6, 6.07) is 22.4. The first kappa shape index (κ1) is 21.6. The first-order chi connectivity index (χ1) is 16.2. The van der Waals surface area contributed by atoms with Crippen LogP contribution in [0.3, 0.4) is 0 Å². The van der Waals surface area contributed by atoms with Gasteiger partial charge in [-0.2, -0.15) is 5.10 Å². The topological polar surface area (TPSA) is 43.3 Å². The summed E-state index contributed by atoms with van der Waals surface area (Å²) in [5.41, 5.74) is 4.28. The molecular formula is C27H25BrN2O3. The van der Waals surface area contributed by atoms with Crippen molar-refractivity contribution in [3.05, 3.63) is 101 Å². The van der Waals surface area contributed by atoms with E-state index >= 15 is 0 Å². The van der Waals surface area contributed by atoms with Gasteiger partial charge in [-0.25, -0.2) is 5.01 Å². The van der Waals surface area contributed by atoms with Gasteiger partial charge < -0.3 is 14.2 Å². The van der Waals surface area contributed by atoms with Gasteiger partial charge in [0.1, 0.15) is 23.9 Å². The number of hydrazone groups is 1. The van der Waals surface area contributed by atoms with Gasteiger partial charge in [-0.15, -0.1) is 0 Å². The van der Waals surface area contributed by atoms with Gasteiger partial charge in [0.2, 0.25) is 6.23 Å². The van der Waals surface area contributed by atoms with E-state index in [1.165, 1.54) is 0 Å². The van der Waals surface area contributed by atoms with Crippen LogP contribution >= 0.6 is 15.9 Å². The molecule has 0 spiro atoms. The van der Waals surface area contributed by atoms with Gasteiger partial charge in [0, 0.05) is 22.0 Å². The highest BCUT2D eigenvalue weighted by atomic mass is 79.9. The lowest BCUT2D eigenvalue weighted by Crippen LogP contribution is -2.33. The molecule has 0 amide bonds. The van der Waals surface area contributed by atoms with Crippen molar-refractivity contribution in [1.29, 1.82) is 0 Å². The summed E-state index contributed by atoms with van der Waals surface area (Å²) in [7, 11) is 0. The average molecular weight is 505 g/mol. The molecule has 0 aromatic heterocycles. The zero-order chi connectivity index (χ0) is 22.8. The summed E-state index contributed by atoms with van der Waals surface area (Å²) in [4.78, 5) is 0. The van der Waals surface area contributed by atoms with Crippen LogP contribution < -0.4 is 14.2 Å². The summed E-state index contributed by atoms with van der Waals surface area (Å²) in [6.45, 7) is 6.81. The molecule has 6 heteroatoms.